The lowest BCUT2D eigenvalue weighted by molar-refractivity contribution is -0.145. The van der Waals surface area contributed by atoms with Gasteiger partial charge in [-0.25, -0.2) is 9.59 Å². The number of hydrogen-bond acceptors (Lipinski definition) is 5. The Morgan fingerprint density at radius 2 is 1.91 bits per heavy atom. The van der Waals surface area contributed by atoms with Crippen molar-refractivity contribution in [1.82, 2.24) is 15.5 Å². The van der Waals surface area contributed by atoms with Gasteiger partial charge in [-0.1, -0.05) is 38.3 Å². The van der Waals surface area contributed by atoms with E-state index in [0.29, 0.717) is 25.8 Å². The summed E-state index contributed by atoms with van der Waals surface area (Å²) in [6.07, 6.45) is 12.5. The number of amides is 3. The van der Waals surface area contributed by atoms with Crippen molar-refractivity contribution >= 4 is 23.9 Å². The third-order valence-corrected chi connectivity index (χ3v) is 8.19. The van der Waals surface area contributed by atoms with Crippen molar-refractivity contribution in [3.63, 3.8) is 0 Å². The van der Waals surface area contributed by atoms with Crippen molar-refractivity contribution < 1.29 is 29.0 Å². The third kappa shape index (κ3) is 5.81. The molecule has 2 saturated carbocycles. The van der Waals surface area contributed by atoms with Crippen molar-refractivity contribution in [3.05, 3.63) is 12.2 Å². The van der Waals surface area contributed by atoms with Gasteiger partial charge in [-0.15, -0.1) is 0 Å². The second-order valence-corrected chi connectivity index (χ2v) is 10.7. The summed E-state index contributed by atoms with van der Waals surface area (Å²) in [4.78, 5) is 53.3. The second kappa shape index (κ2) is 11.0. The highest BCUT2D eigenvalue weighted by molar-refractivity contribution is 5.96. The van der Waals surface area contributed by atoms with Gasteiger partial charge in [0, 0.05) is 12.5 Å². The predicted molar refractivity (Wildman–Crippen MR) is 128 cm³/mol. The molecule has 0 unspecified atom stereocenters. The minimum Gasteiger partial charge on any atom is -0.479 e. The predicted octanol–water partition coefficient (Wildman–Crippen LogP) is 3.13. The molecule has 0 radical (unpaired) electrons. The van der Waals surface area contributed by atoms with E-state index in [9.17, 15) is 24.3 Å². The summed E-state index contributed by atoms with van der Waals surface area (Å²) in [5.41, 5.74) is -1.30. The Kier molecular flexibility index (Phi) is 8.02. The molecular formula is C26H39N3O6. The number of fused-ring (bicyclic) bond motifs is 2. The Balaban J connectivity index is 1.53. The number of ether oxygens (including phenoxy) is 1. The van der Waals surface area contributed by atoms with E-state index in [2.05, 4.69) is 10.6 Å². The van der Waals surface area contributed by atoms with Crippen LogP contribution in [0.5, 0.6) is 0 Å². The molecule has 3 N–H and O–H groups in total. The minimum absolute atomic E-state index is 0.104. The van der Waals surface area contributed by atoms with Crippen molar-refractivity contribution in [1.29, 1.82) is 0 Å². The van der Waals surface area contributed by atoms with E-state index in [-0.39, 0.29) is 23.8 Å². The molecule has 3 fully saturated rings. The zero-order valence-corrected chi connectivity index (χ0v) is 20.7. The van der Waals surface area contributed by atoms with Crippen molar-refractivity contribution in [3.8, 4) is 0 Å². The second-order valence-electron chi connectivity index (χ2n) is 10.7. The molecule has 2 aliphatic carbocycles. The number of alkyl carbamates (subject to hydrolysis) is 1. The van der Waals surface area contributed by atoms with Crippen LogP contribution in [0.3, 0.4) is 0 Å². The largest absolute Gasteiger partial charge is 0.479 e. The van der Waals surface area contributed by atoms with Gasteiger partial charge >= 0.3 is 12.1 Å². The van der Waals surface area contributed by atoms with E-state index in [1.54, 1.807) is 4.90 Å². The van der Waals surface area contributed by atoms with Gasteiger partial charge in [-0.05, 0) is 63.7 Å². The van der Waals surface area contributed by atoms with Gasteiger partial charge in [0.15, 0.2) is 0 Å². The van der Waals surface area contributed by atoms with Crippen molar-refractivity contribution in [2.45, 2.75) is 108 Å². The number of nitrogens with zero attached hydrogens (tertiary/aromatic N) is 1. The normalized spacial score (nSPS) is 34.3. The maximum Gasteiger partial charge on any atom is 0.408 e. The van der Waals surface area contributed by atoms with E-state index < -0.39 is 35.6 Å². The SMILES string of the molecule is CC[C@@H]1C[C@H]2C(=O)N[C@]3(C(=O)O)C[C@H]3C=CCCCCC[C@H](NC(=O)OC3CCCC3)C(=O)N2C1. The zero-order chi connectivity index (χ0) is 25.0. The molecule has 1 saturated heterocycles. The number of carbonyl (C=O) groups is 4. The van der Waals surface area contributed by atoms with Crippen LogP contribution >= 0.6 is 0 Å². The first-order chi connectivity index (χ1) is 16.8. The highest BCUT2D eigenvalue weighted by Gasteiger charge is 2.61. The van der Waals surface area contributed by atoms with Crippen LogP contribution in [0.4, 0.5) is 4.79 Å². The molecule has 2 aliphatic heterocycles. The lowest BCUT2D eigenvalue weighted by atomic mass is 10.0. The average molecular weight is 490 g/mol. The fourth-order valence-corrected chi connectivity index (χ4v) is 5.82. The molecule has 194 valence electrons. The van der Waals surface area contributed by atoms with E-state index >= 15 is 0 Å². The number of carboxylic acids is 1. The summed E-state index contributed by atoms with van der Waals surface area (Å²) in [7, 11) is 0. The number of aliphatic carboxylic acids is 1. The summed E-state index contributed by atoms with van der Waals surface area (Å²) in [6.45, 7) is 2.45. The Morgan fingerprint density at radius 3 is 2.63 bits per heavy atom. The van der Waals surface area contributed by atoms with Crippen LogP contribution in [0.25, 0.3) is 0 Å². The molecule has 0 aromatic heterocycles. The summed E-state index contributed by atoms with van der Waals surface area (Å²) < 4.78 is 5.55. The molecule has 4 aliphatic rings. The molecular weight excluding hydrogens is 450 g/mol. The molecule has 4 rings (SSSR count). The van der Waals surface area contributed by atoms with E-state index in [1.165, 1.54) is 0 Å². The number of hydrogen-bond donors (Lipinski definition) is 3. The van der Waals surface area contributed by atoms with Crippen LogP contribution in [0.1, 0.15) is 84.0 Å². The van der Waals surface area contributed by atoms with Crippen LogP contribution in [-0.4, -0.2) is 64.2 Å². The van der Waals surface area contributed by atoms with Gasteiger partial charge in [-0.3, -0.25) is 9.59 Å². The lowest BCUT2D eigenvalue weighted by Crippen LogP contribution is -2.56. The fraction of sp³-hybridized carbons (Fsp3) is 0.769. The van der Waals surface area contributed by atoms with Gasteiger partial charge in [-0.2, -0.15) is 0 Å². The molecule has 2 heterocycles. The fourth-order valence-electron chi connectivity index (χ4n) is 5.82. The Morgan fingerprint density at radius 1 is 1.17 bits per heavy atom. The van der Waals surface area contributed by atoms with E-state index in [4.69, 9.17) is 4.74 Å². The standard InChI is InChI=1S/C26H39N3O6/c1-2-17-14-21-22(30)28-26(24(32)33)15-18(26)10-6-4-3-5-7-13-20(23(31)29(21)16-17)27-25(34)35-19-11-8-9-12-19/h6,10,17-21H,2-5,7-9,11-16H2,1H3,(H,27,34)(H,28,30)(H,32,33)/t17-,18-,20+,21+,26-/m1/s1. The quantitative estimate of drug-likeness (QED) is 0.521. The molecule has 0 aromatic rings. The van der Waals surface area contributed by atoms with Crippen molar-refractivity contribution in [2.75, 3.05) is 6.54 Å². The highest BCUT2D eigenvalue weighted by Crippen LogP contribution is 2.45. The van der Waals surface area contributed by atoms with Gasteiger partial charge in [0.25, 0.3) is 0 Å². The monoisotopic (exact) mass is 489 g/mol. The molecule has 9 nitrogen and oxygen atoms in total. The Hall–Kier alpha value is -2.58. The number of allylic oxidation sites excluding steroid dienone is 1. The summed E-state index contributed by atoms with van der Waals surface area (Å²) in [5, 5.41) is 15.4. The first-order valence-corrected chi connectivity index (χ1v) is 13.3. The van der Waals surface area contributed by atoms with E-state index in [1.807, 2.05) is 19.1 Å². The molecule has 0 aromatic carbocycles. The lowest BCUT2D eigenvalue weighted by Gasteiger charge is -2.29. The Bertz CT molecular complexity index is 854. The summed E-state index contributed by atoms with van der Waals surface area (Å²) in [6, 6.07) is -1.51. The molecule has 3 amide bonds. The average Bonchev–Trinajstić information content (AvgIpc) is 3.17. The number of carboxylic acid groups (broad SMARTS) is 1. The van der Waals surface area contributed by atoms with Crippen LogP contribution in [0, 0.1) is 11.8 Å². The maximum absolute atomic E-state index is 13.7. The summed E-state index contributed by atoms with van der Waals surface area (Å²) >= 11 is 0. The molecule has 0 spiro atoms. The summed E-state index contributed by atoms with van der Waals surface area (Å²) in [5.74, 6) is -1.83. The van der Waals surface area contributed by atoms with Crippen LogP contribution in [0.15, 0.2) is 12.2 Å². The zero-order valence-electron chi connectivity index (χ0n) is 20.7. The number of rotatable bonds is 4. The van der Waals surface area contributed by atoms with Crippen LogP contribution in [-0.2, 0) is 19.1 Å². The van der Waals surface area contributed by atoms with Crippen molar-refractivity contribution in [2.24, 2.45) is 11.8 Å². The smallest absolute Gasteiger partial charge is 0.408 e. The molecule has 5 atom stereocenters. The number of nitrogens with one attached hydrogen (secondary N) is 2. The van der Waals surface area contributed by atoms with Gasteiger partial charge in [0.05, 0.1) is 0 Å². The first-order valence-electron chi connectivity index (χ1n) is 13.3. The maximum atomic E-state index is 13.7. The van der Waals surface area contributed by atoms with Crippen LogP contribution < -0.4 is 10.6 Å². The van der Waals surface area contributed by atoms with Gasteiger partial charge in [0.1, 0.15) is 23.7 Å². The molecule has 9 heteroatoms. The molecule has 0 bridgehead atoms. The molecule has 35 heavy (non-hydrogen) atoms. The van der Waals surface area contributed by atoms with Crippen LogP contribution in [0.2, 0.25) is 0 Å². The Labute approximate surface area is 207 Å². The number of carbonyl (C=O) groups excluding carboxylic acids is 3. The van der Waals surface area contributed by atoms with E-state index in [0.717, 1.165) is 57.8 Å². The minimum atomic E-state index is -1.30. The highest BCUT2D eigenvalue weighted by atomic mass is 16.6. The van der Waals surface area contributed by atoms with Gasteiger partial charge < -0.3 is 25.4 Å². The topological polar surface area (TPSA) is 125 Å². The third-order valence-electron chi connectivity index (χ3n) is 8.19. The first kappa shape index (κ1) is 25.5. The van der Waals surface area contributed by atoms with Gasteiger partial charge in [0.2, 0.25) is 11.8 Å².